The van der Waals surface area contributed by atoms with E-state index in [1.54, 1.807) is 38.1 Å². The molecule has 0 aliphatic heterocycles. The molecule has 0 aliphatic carbocycles. The Bertz CT molecular complexity index is 542. The largest absolute Gasteiger partial charge is 0.481 e. The van der Waals surface area contributed by atoms with Crippen LogP contribution in [-0.2, 0) is 14.4 Å². The molecule has 2 atom stereocenters. The van der Waals surface area contributed by atoms with E-state index < -0.39 is 17.8 Å². The Balaban J connectivity index is 2.74. The van der Waals surface area contributed by atoms with Crippen LogP contribution in [0.3, 0.4) is 0 Å². The summed E-state index contributed by atoms with van der Waals surface area (Å²) in [4.78, 5) is 34.2. The second-order valence-corrected chi connectivity index (χ2v) is 4.89. The molecular formula is C15H20N2O4. The van der Waals surface area contributed by atoms with Crippen LogP contribution in [0.1, 0.15) is 27.2 Å². The van der Waals surface area contributed by atoms with Crippen molar-refractivity contribution in [3.05, 3.63) is 24.3 Å². The molecule has 0 radical (unpaired) electrons. The minimum Gasteiger partial charge on any atom is -0.481 e. The van der Waals surface area contributed by atoms with Crippen molar-refractivity contribution < 1.29 is 19.5 Å². The average Bonchev–Trinajstić information content (AvgIpc) is 2.45. The maximum absolute atomic E-state index is 12.0. The maximum atomic E-state index is 12.0. The van der Waals surface area contributed by atoms with Crippen molar-refractivity contribution in [1.29, 1.82) is 0 Å². The summed E-state index contributed by atoms with van der Waals surface area (Å²) in [5.74, 6) is -2.93. The third kappa shape index (κ3) is 4.91. The van der Waals surface area contributed by atoms with E-state index in [9.17, 15) is 14.4 Å². The van der Waals surface area contributed by atoms with Gasteiger partial charge in [0.15, 0.2) is 0 Å². The first kappa shape index (κ1) is 16.7. The van der Waals surface area contributed by atoms with Crippen molar-refractivity contribution in [3.63, 3.8) is 0 Å². The summed E-state index contributed by atoms with van der Waals surface area (Å²) in [5.41, 5.74) is 1.09. The molecule has 1 aromatic rings. The van der Waals surface area contributed by atoms with E-state index in [1.807, 2.05) is 0 Å². The molecule has 3 N–H and O–H groups in total. The highest BCUT2D eigenvalue weighted by molar-refractivity contribution is 5.96. The van der Waals surface area contributed by atoms with Gasteiger partial charge in [0.1, 0.15) is 0 Å². The van der Waals surface area contributed by atoms with Gasteiger partial charge in [-0.05, 0) is 18.2 Å². The number of aliphatic carboxylic acids is 1. The van der Waals surface area contributed by atoms with Crippen molar-refractivity contribution in [2.45, 2.75) is 27.2 Å². The molecule has 0 heterocycles. The number of carbonyl (C=O) groups is 3. The SMILES string of the molecule is CCC(=O)Nc1cccc(NC(=O)C(C)C(C)C(=O)O)c1. The molecule has 6 heteroatoms. The zero-order valence-electron chi connectivity index (χ0n) is 12.3. The molecule has 114 valence electrons. The number of hydrogen-bond acceptors (Lipinski definition) is 3. The van der Waals surface area contributed by atoms with E-state index in [-0.39, 0.29) is 11.8 Å². The van der Waals surface area contributed by atoms with Gasteiger partial charge in [-0.2, -0.15) is 0 Å². The normalized spacial score (nSPS) is 13.1. The van der Waals surface area contributed by atoms with Crippen molar-refractivity contribution in [3.8, 4) is 0 Å². The molecule has 1 aromatic carbocycles. The maximum Gasteiger partial charge on any atom is 0.307 e. The fraction of sp³-hybridized carbons (Fsp3) is 0.400. The van der Waals surface area contributed by atoms with Gasteiger partial charge in [-0.25, -0.2) is 0 Å². The number of carboxylic acids is 1. The van der Waals surface area contributed by atoms with Gasteiger partial charge in [0.05, 0.1) is 5.92 Å². The van der Waals surface area contributed by atoms with E-state index >= 15 is 0 Å². The predicted octanol–water partition coefficient (Wildman–Crippen LogP) is 2.33. The van der Waals surface area contributed by atoms with Gasteiger partial charge < -0.3 is 15.7 Å². The van der Waals surface area contributed by atoms with Gasteiger partial charge in [0.2, 0.25) is 11.8 Å². The molecule has 2 unspecified atom stereocenters. The van der Waals surface area contributed by atoms with Gasteiger partial charge in [-0.3, -0.25) is 14.4 Å². The number of anilines is 2. The predicted molar refractivity (Wildman–Crippen MR) is 80.0 cm³/mol. The Hall–Kier alpha value is -2.37. The van der Waals surface area contributed by atoms with Crippen LogP contribution >= 0.6 is 0 Å². The first-order chi connectivity index (χ1) is 9.85. The second-order valence-electron chi connectivity index (χ2n) is 4.89. The lowest BCUT2D eigenvalue weighted by atomic mass is 9.95. The summed E-state index contributed by atoms with van der Waals surface area (Å²) in [5, 5.41) is 14.3. The number of rotatable bonds is 6. The molecule has 0 spiro atoms. The Morgan fingerprint density at radius 1 is 1.10 bits per heavy atom. The lowest BCUT2D eigenvalue weighted by Gasteiger charge is -2.16. The number of amides is 2. The van der Waals surface area contributed by atoms with Crippen LogP contribution in [0.15, 0.2) is 24.3 Å². The van der Waals surface area contributed by atoms with E-state index in [0.717, 1.165) is 0 Å². The lowest BCUT2D eigenvalue weighted by Crippen LogP contribution is -2.29. The highest BCUT2D eigenvalue weighted by atomic mass is 16.4. The number of hydrogen-bond donors (Lipinski definition) is 3. The fourth-order valence-corrected chi connectivity index (χ4v) is 1.62. The van der Waals surface area contributed by atoms with Crippen LogP contribution in [-0.4, -0.2) is 22.9 Å². The van der Waals surface area contributed by atoms with E-state index in [0.29, 0.717) is 17.8 Å². The second kappa shape index (κ2) is 7.42. The quantitative estimate of drug-likeness (QED) is 0.749. The molecule has 0 aliphatic rings. The summed E-state index contributed by atoms with van der Waals surface area (Å²) >= 11 is 0. The van der Waals surface area contributed by atoms with Crippen LogP contribution in [0.25, 0.3) is 0 Å². The molecule has 21 heavy (non-hydrogen) atoms. The fourth-order valence-electron chi connectivity index (χ4n) is 1.62. The van der Waals surface area contributed by atoms with Gasteiger partial charge in [0, 0.05) is 23.7 Å². The number of carbonyl (C=O) groups excluding carboxylic acids is 2. The topological polar surface area (TPSA) is 95.5 Å². The average molecular weight is 292 g/mol. The van der Waals surface area contributed by atoms with Gasteiger partial charge in [-0.1, -0.05) is 26.8 Å². The molecule has 0 fully saturated rings. The molecular weight excluding hydrogens is 272 g/mol. The number of benzene rings is 1. The smallest absolute Gasteiger partial charge is 0.307 e. The Labute approximate surface area is 123 Å². The highest BCUT2D eigenvalue weighted by Gasteiger charge is 2.25. The van der Waals surface area contributed by atoms with Gasteiger partial charge in [-0.15, -0.1) is 0 Å². The van der Waals surface area contributed by atoms with Crippen molar-refractivity contribution in [2.75, 3.05) is 10.6 Å². The molecule has 0 aromatic heterocycles. The van der Waals surface area contributed by atoms with Crippen molar-refractivity contribution >= 4 is 29.2 Å². The number of carboxylic acid groups (broad SMARTS) is 1. The van der Waals surface area contributed by atoms with E-state index in [1.165, 1.54) is 6.92 Å². The van der Waals surface area contributed by atoms with E-state index in [2.05, 4.69) is 10.6 Å². The summed E-state index contributed by atoms with van der Waals surface area (Å²) in [7, 11) is 0. The zero-order valence-corrected chi connectivity index (χ0v) is 12.3. The minimum atomic E-state index is -1.01. The van der Waals surface area contributed by atoms with Crippen molar-refractivity contribution in [1.82, 2.24) is 0 Å². The van der Waals surface area contributed by atoms with E-state index in [4.69, 9.17) is 5.11 Å². The molecule has 2 amide bonds. The van der Waals surface area contributed by atoms with Crippen LogP contribution in [0.5, 0.6) is 0 Å². The zero-order chi connectivity index (χ0) is 16.0. The Kier molecular flexibility index (Phi) is 5.90. The lowest BCUT2D eigenvalue weighted by molar-refractivity contribution is -0.145. The van der Waals surface area contributed by atoms with Crippen LogP contribution < -0.4 is 10.6 Å². The summed E-state index contributed by atoms with van der Waals surface area (Å²) < 4.78 is 0. The Morgan fingerprint density at radius 3 is 2.19 bits per heavy atom. The standard InChI is InChI=1S/C15H20N2O4/c1-4-13(18)16-11-6-5-7-12(8-11)17-14(19)9(2)10(3)15(20)21/h5-10H,4H2,1-3H3,(H,16,18)(H,17,19)(H,20,21). The Morgan fingerprint density at radius 2 is 1.67 bits per heavy atom. The molecule has 1 rings (SSSR count). The first-order valence-corrected chi connectivity index (χ1v) is 6.78. The third-order valence-electron chi connectivity index (χ3n) is 3.29. The van der Waals surface area contributed by atoms with Crippen LogP contribution in [0.4, 0.5) is 11.4 Å². The summed E-state index contributed by atoms with van der Waals surface area (Å²) in [6.45, 7) is 4.80. The molecule has 6 nitrogen and oxygen atoms in total. The van der Waals surface area contributed by atoms with Crippen LogP contribution in [0.2, 0.25) is 0 Å². The van der Waals surface area contributed by atoms with Gasteiger partial charge in [0.25, 0.3) is 0 Å². The number of nitrogens with one attached hydrogen (secondary N) is 2. The highest BCUT2D eigenvalue weighted by Crippen LogP contribution is 2.18. The van der Waals surface area contributed by atoms with Crippen molar-refractivity contribution in [2.24, 2.45) is 11.8 Å². The summed E-state index contributed by atoms with van der Waals surface area (Å²) in [6, 6.07) is 6.72. The molecule has 0 saturated carbocycles. The molecule has 0 saturated heterocycles. The molecule has 0 bridgehead atoms. The minimum absolute atomic E-state index is 0.119. The monoisotopic (exact) mass is 292 g/mol. The third-order valence-corrected chi connectivity index (χ3v) is 3.29. The first-order valence-electron chi connectivity index (χ1n) is 6.78. The van der Waals surface area contributed by atoms with Crippen LogP contribution in [0, 0.1) is 11.8 Å². The summed E-state index contributed by atoms with van der Waals surface area (Å²) in [6.07, 6.45) is 0.365. The van der Waals surface area contributed by atoms with Gasteiger partial charge >= 0.3 is 5.97 Å².